The third-order valence-electron chi connectivity index (χ3n) is 3.14. The van der Waals surface area contributed by atoms with Gasteiger partial charge in [0.15, 0.2) is 18.1 Å². The molecule has 0 saturated heterocycles. The van der Waals surface area contributed by atoms with Gasteiger partial charge in [-0.05, 0) is 24.3 Å². The number of ether oxygens (including phenoxy) is 1. The molecule has 0 unspecified atom stereocenters. The molecule has 0 bridgehead atoms. The second-order valence-electron chi connectivity index (χ2n) is 5.17. The summed E-state index contributed by atoms with van der Waals surface area (Å²) in [4.78, 5) is 27.1. The molecule has 1 heterocycles. The summed E-state index contributed by atoms with van der Waals surface area (Å²) in [5.74, 6) is -1.67. The minimum absolute atomic E-state index is 0.206. The molecule has 9 nitrogen and oxygen atoms in total. The molecule has 1 amide bonds. The molecule has 0 fully saturated rings. The summed E-state index contributed by atoms with van der Waals surface area (Å²) in [7, 11) is 1.16. The SMILES string of the molecule is Cn1nc(C(F)(F)F)cc1C(=O)O/N=C(\N)c1ccc(OCC(N)=O)cc1. The maximum absolute atomic E-state index is 12.6. The van der Waals surface area contributed by atoms with Crippen LogP contribution >= 0.6 is 0 Å². The normalized spacial score (nSPS) is 11.9. The van der Waals surface area contributed by atoms with Crippen molar-refractivity contribution in [2.45, 2.75) is 6.18 Å². The minimum atomic E-state index is -4.70. The van der Waals surface area contributed by atoms with E-state index in [1.54, 1.807) is 0 Å². The minimum Gasteiger partial charge on any atom is -0.484 e. The van der Waals surface area contributed by atoms with Crippen molar-refractivity contribution in [2.24, 2.45) is 23.7 Å². The molecule has 1 aromatic heterocycles. The summed E-state index contributed by atoms with van der Waals surface area (Å²) in [6, 6.07) is 6.42. The molecule has 0 aliphatic rings. The average Bonchev–Trinajstić information content (AvgIpc) is 3.00. The highest BCUT2D eigenvalue weighted by molar-refractivity contribution is 5.98. The Hall–Kier alpha value is -3.57. The van der Waals surface area contributed by atoms with Gasteiger partial charge < -0.3 is 21.0 Å². The van der Waals surface area contributed by atoms with E-state index in [9.17, 15) is 22.8 Å². The summed E-state index contributed by atoms with van der Waals surface area (Å²) < 4.78 is 43.6. The van der Waals surface area contributed by atoms with Gasteiger partial charge in [0.25, 0.3) is 5.91 Å². The van der Waals surface area contributed by atoms with Crippen LogP contribution in [0.2, 0.25) is 0 Å². The number of halogens is 3. The Kier molecular flexibility index (Phi) is 5.68. The quantitative estimate of drug-likeness (QED) is 0.327. The topological polar surface area (TPSA) is 135 Å². The van der Waals surface area contributed by atoms with Crippen molar-refractivity contribution in [2.75, 3.05) is 6.61 Å². The van der Waals surface area contributed by atoms with E-state index >= 15 is 0 Å². The summed E-state index contributed by atoms with van der Waals surface area (Å²) in [5, 5.41) is 6.59. The van der Waals surface area contributed by atoms with Crippen LogP contribution in [0.5, 0.6) is 5.75 Å². The van der Waals surface area contributed by atoms with E-state index in [-0.39, 0.29) is 12.4 Å². The van der Waals surface area contributed by atoms with E-state index in [1.807, 2.05) is 0 Å². The number of primary amides is 1. The van der Waals surface area contributed by atoms with Gasteiger partial charge in [-0.15, -0.1) is 0 Å². The van der Waals surface area contributed by atoms with E-state index < -0.39 is 29.4 Å². The number of aryl methyl sites for hydroxylation is 1. The number of alkyl halides is 3. The Morgan fingerprint density at radius 2 is 1.85 bits per heavy atom. The Labute approximate surface area is 150 Å². The summed E-state index contributed by atoms with van der Waals surface area (Å²) >= 11 is 0. The molecular weight excluding hydrogens is 371 g/mol. The molecular formula is C15H14F3N5O4. The highest BCUT2D eigenvalue weighted by Gasteiger charge is 2.35. The van der Waals surface area contributed by atoms with Crippen LogP contribution in [0, 0.1) is 0 Å². The van der Waals surface area contributed by atoms with Crippen molar-refractivity contribution in [3.05, 3.63) is 47.3 Å². The molecule has 0 saturated carbocycles. The van der Waals surface area contributed by atoms with Crippen molar-refractivity contribution < 1.29 is 32.3 Å². The lowest BCUT2D eigenvalue weighted by Gasteiger charge is -2.05. The Balaban J connectivity index is 2.05. The molecule has 0 radical (unpaired) electrons. The van der Waals surface area contributed by atoms with Crippen LogP contribution in [0.3, 0.4) is 0 Å². The van der Waals surface area contributed by atoms with Gasteiger partial charge in [-0.1, -0.05) is 5.16 Å². The van der Waals surface area contributed by atoms with E-state index in [0.29, 0.717) is 17.4 Å². The number of hydrogen-bond donors (Lipinski definition) is 2. The lowest BCUT2D eigenvalue weighted by molar-refractivity contribution is -0.141. The fourth-order valence-corrected chi connectivity index (χ4v) is 1.86. The van der Waals surface area contributed by atoms with Gasteiger partial charge in [0.05, 0.1) is 0 Å². The lowest BCUT2D eigenvalue weighted by Crippen LogP contribution is -2.20. The van der Waals surface area contributed by atoms with E-state index in [0.717, 1.165) is 11.7 Å². The Morgan fingerprint density at radius 3 is 2.37 bits per heavy atom. The number of aromatic nitrogens is 2. The molecule has 0 aliphatic carbocycles. The Bertz CT molecular complexity index is 875. The number of oxime groups is 1. The largest absolute Gasteiger partial charge is 0.484 e. The number of amides is 1. The third-order valence-corrected chi connectivity index (χ3v) is 3.14. The monoisotopic (exact) mass is 385 g/mol. The van der Waals surface area contributed by atoms with E-state index in [2.05, 4.69) is 15.1 Å². The molecule has 1 aromatic carbocycles. The first-order chi connectivity index (χ1) is 12.6. The van der Waals surface area contributed by atoms with Crippen molar-refractivity contribution >= 4 is 17.7 Å². The fourth-order valence-electron chi connectivity index (χ4n) is 1.86. The Morgan fingerprint density at radius 1 is 1.22 bits per heavy atom. The molecule has 27 heavy (non-hydrogen) atoms. The second-order valence-corrected chi connectivity index (χ2v) is 5.17. The molecule has 0 aliphatic heterocycles. The summed E-state index contributed by atoms with van der Waals surface area (Å²) in [6.45, 7) is -0.300. The van der Waals surface area contributed by atoms with Gasteiger partial charge >= 0.3 is 12.1 Å². The van der Waals surface area contributed by atoms with Crippen LogP contribution in [0.15, 0.2) is 35.5 Å². The van der Waals surface area contributed by atoms with Crippen LogP contribution in [-0.4, -0.2) is 34.1 Å². The number of rotatable bonds is 6. The van der Waals surface area contributed by atoms with Gasteiger partial charge in [-0.3, -0.25) is 9.48 Å². The van der Waals surface area contributed by atoms with Crippen LogP contribution in [0.4, 0.5) is 13.2 Å². The van der Waals surface area contributed by atoms with Crippen molar-refractivity contribution in [1.82, 2.24) is 9.78 Å². The fraction of sp³-hybridized carbons (Fsp3) is 0.200. The van der Waals surface area contributed by atoms with Crippen LogP contribution in [0.25, 0.3) is 0 Å². The highest BCUT2D eigenvalue weighted by Crippen LogP contribution is 2.28. The smallest absolute Gasteiger partial charge is 0.435 e. The van der Waals surface area contributed by atoms with E-state index in [4.69, 9.17) is 16.2 Å². The molecule has 4 N–H and O–H groups in total. The maximum atomic E-state index is 12.6. The van der Waals surface area contributed by atoms with Gasteiger partial charge in [0.2, 0.25) is 0 Å². The van der Waals surface area contributed by atoms with Crippen molar-refractivity contribution in [3.63, 3.8) is 0 Å². The van der Waals surface area contributed by atoms with Crippen molar-refractivity contribution in [1.29, 1.82) is 0 Å². The zero-order valence-electron chi connectivity index (χ0n) is 13.9. The molecule has 2 aromatic rings. The number of benzene rings is 1. The molecule has 0 spiro atoms. The zero-order valence-corrected chi connectivity index (χ0v) is 13.9. The number of carbonyl (C=O) groups excluding carboxylic acids is 2. The maximum Gasteiger partial charge on any atom is 0.435 e. The predicted octanol–water partition coefficient (Wildman–Crippen LogP) is 0.780. The number of nitrogens with two attached hydrogens (primary N) is 2. The number of nitrogens with zero attached hydrogens (tertiary/aromatic N) is 3. The number of carbonyl (C=O) groups is 2. The van der Waals surface area contributed by atoms with Crippen LogP contribution in [-0.2, 0) is 22.9 Å². The van der Waals surface area contributed by atoms with Gasteiger partial charge in [0, 0.05) is 18.7 Å². The van der Waals surface area contributed by atoms with E-state index in [1.165, 1.54) is 24.3 Å². The number of amidine groups is 1. The molecule has 144 valence electrons. The van der Waals surface area contributed by atoms with Crippen LogP contribution < -0.4 is 16.2 Å². The first-order valence-corrected chi connectivity index (χ1v) is 7.25. The zero-order chi connectivity index (χ0) is 20.2. The standard InChI is InChI=1S/C15H14F3N5O4/c1-23-10(6-11(21-23)15(16,17)18)14(25)27-22-13(20)8-2-4-9(5-3-8)26-7-12(19)24/h2-6H,7H2,1H3,(H2,19,24)(H2,20,22). The molecule has 0 atom stereocenters. The van der Waals surface area contributed by atoms with Gasteiger partial charge in [-0.2, -0.15) is 18.3 Å². The molecule has 2 rings (SSSR count). The van der Waals surface area contributed by atoms with Crippen LogP contribution in [0.1, 0.15) is 21.7 Å². The third kappa shape index (κ3) is 5.20. The molecule has 12 heteroatoms. The summed E-state index contributed by atoms with van der Waals surface area (Å²) in [6.07, 6.45) is -4.70. The first-order valence-electron chi connectivity index (χ1n) is 7.25. The average molecular weight is 385 g/mol. The first kappa shape index (κ1) is 19.8. The highest BCUT2D eigenvalue weighted by atomic mass is 19.4. The van der Waals surface area contributed by atoms with Crippen molar-refractivity contribution in [3.8, 4) is 5.75 Å². The second kappa shape index (κ2) is 7.76. The predicted molar refractivity (Wildman–Crippen MR) is 85.5 cm³/mol. The van der Waals surface area contributed by atoms with Gasteiger partial charge in [0.1, 0.15) is 11.4 Å². The lowest BCUT2D eigenvalue weighted by atomic mass is 10.2. The van der Waals surface area contributed by atoms with Gasteiger partial charge in [-0.25, -0.2) is 4.79 Å². The number of hydrogen-bond acceptors (Lipinski definition) is 6. The summed E-state index contributed by atoms with van der Waals surface area (Å²) in [5.41, 5.74) is 9.27.